The quantitative estimate of drug-likeness (QED) is 0.489. The lowest BCUT2D eigenvalue weighted by Gasteiger charge is -2.04. The van der Waals surface area contributed by atoms with Gasteiger partial charge >= 0.3 is 5.97 Å². The summed E-state index contributed by atoms with van der Waals surface area (Å²) < 4.78 is 4.95. The van der Waals surface area contributed by atoms with Crippen molar-refractivity contribution in [2.45, 2.75) is 6.92 Å². The lowest BCUT2D eigenvalue weighted by atomic mass is 10.0. The molecule has 0 saturated carbocycles. The number of ether oxygens (including phenoxy) is 1. The first-order valence-electron chi connectivity index (χ1n) is 5.65. The molecule has 2 aromatic rings. The van der Waals surface area contributed by atoms with Crippen LogP contribution in [-0.4, -0.2) is 11.8 Å². The van der Waals surface area contributed by atoms with Gasteiger partial charge in [-0.2, -0.15) is 0 Å². The van der Waals surface area contributed by atoms with E-state index in [0.29, 0.717) is 21.9 Å². The van der Waals surface area contributed by atoms with Crippen molar-refractivity contribution in [2.75, 3.05) is 0 Å². The molecule has 4 heteroatoms. The first-order valence-corrected chi connectivity index (χ1v) is 6.03. The molecule has 2 aromatic carbocycles. The summed E-state index contributed by atoms with van der Waals surface area (Å²) in [6.07, 6.45) is 0. The summed E-state index contributed by atoms with van der Waals surface area (Å²) >= 11 is 5.78. The molecule has 2 rings (SSSR count). The molecule has 0 bridgehead atoms. The smallest absolute Gasteiger partial charge is 0.308 e. The first kappa shape index (κ1) is 13.3. The van der Waals surface area contributed by atoms with Crippen LogP contribution in [-0.2, 0) is 4.79 Å². The second-order valence-corrected chi connectivity index (χ2v) is 4.39. The first-order chi connectivity index (χ1) is 9.06. The highest BCUT2D eigenvalue weighted by Gasteiger charge is 2.10. The van der Waals surface area contributed by atoms with Crippen molar-refractivity contribution in [1.82, 2.24) is 0 Å². The fraction of sp³-hybridized carbons (Fsp3) is 0.0667. The Bertz CT molecular complexity index is 618. The van der Waals surface area contributed by atoms with Crippen LogP contribution in [0.4, 0.5) is 0 Å². The van der Waals surface area contributed by atoms with Gasteiger partial charge in [-0.05, 0) is 36.4 Å². The summed E-state index contributed by atoms with van der Waals surface area (Å²) in [5.74, 6) is -0.214. The number of halogens is 1. The highest BCUT2D eigenvalue weighted by molar-refractivity contribution is 6.30. The van der Waals surface area contributed by atoms with E-state index in [0.717, 1.165) is 0 Å². The highest BCUT2D eigenvalue weighted by Crippen LogP contribution is 2.18. The van der Waals surface area contributed by atoms with Crippen LogP contribution < -0.4 is 4.74 Å². The normalized spacial score (nSPS) is 10.0. The van der Waals surface area contributed by atoms with Gasteiger partial charge in [-0.3, -0.25) is 9.59 Å². The number of carbonyl (C=O) groups is 2. The van der Waals surface area contributed by atoms with E-state index in [2.05, 4.69) is 0 Å². The predicted molar refractivity (Wildman–Crippen MR) is 72.6 cm³/mol. The van der Waals surface area contributed by atoms with Crippen LogP contribution in [0.15, 0.2) is 48.5 Å². The molecule has 0 amide bonds. The van der Waals surface area contributed by atoms with Crippen molar-refractivity contribution in [3.05, 3.63) is 64.7 Å². The van der Waals surface area contributed by atoms with Gasteiger partial charge in [-0.15, -0.1) is 0 Å². The monoisotopic (exact) mass is 274 g/mol. The fourth-order valence-corrected chi connectivity index (χ4v) is 1.76. The van der Waals surface area contributed by atoms with Crippen LogP contribution in [0.2, 0.25) is 5.02 Å². The van der Waals surface area contributed by atoms with Gasteiger partial charge in [0.25, 0.3) is 0 Å². The molecular formula is C15H11ClO3. The maximum Gasteiger partial charge on any atom is 0.308 e. The minimum absolute atomic E-state index is 0.148. The van der Waals surface area contributed by atoms with Gasteiger partial charge in [0.2, 0.25) is 0 Å². The molecule has 0 spiro atoms. The molecule has 0 aromatic heterocycles. The van der Waals surface area contributed by atoms with Crippen LogP contribution in [0.3, 0.4) is 0 Å². The van der Waals surface area contributed by atoms with Crippen LogP contribution in [0.5, 0.6) is 5.75 Å². The molecule has 0 aliphatic rings. The van der Waals surface area contributed by atoms with Gasteiger partial charge in [-0.1, -0.05) is 23.7 Å². The van der Waals surface area contributed by atoms with E-state index in [1.165, 1.54) is 6.92 Å². The van der Waals surface area contributed by atoms with Gasteiger partial charge in [0, 0.05) is 23.1 Å². The highest BCUT2D eigenvalue weighted by atomic mass is 35.5. The Labute approximate surface area is 115 Å². The largest absolute Gasteiger partial charge is 0.427 e. The van der Waals surface area contributed by atoms with E-state index in [1.54, 1.807) is 48.5 Å². The maximum absolute atomic E-state index is 12.2. The molecule has 0 N–H and O–H groups in total. The summed E-state index contributed by atoms with van der Waals surface area (Å²) in [5.41, 5.74) is 0.991. The molecular weight excluding hydrogens is 264 g/mol. The summed E-state index contributed by atoms with van der Waals surface area (Å²) in [7, 11) is 0. The minimum Gasteiger partial charge on any atom is -0.427 e. The number of rotatable bonds is 3. The van der Waals surface area contributed by atoms with E-state index in [1.807, 2.05) is 0 Å². The maximum atomic E-state index is 12.2. The zero-order valence-corrected chi connectivity index (χ0v) is 11.0. The average Bonchev–Trinajstić information content (AvgIpc) is 2.38. The SMILES string of the molecule is CC(=O)Oc1cccc(C(=O)c2ccc(Cl)cc2)c1. The van der Waals surface area contributed by atoms with Crippen LogP contribution in [0.1, 0.15) is 22.8 Å². The summed E-state index contributed by atoms with van der Waals surface area (Å²) in [4.78, 5) is 23.1. The Morgan fingerprint density at radius 1 is 1.00 bits per heavy atom. The summed E-state index contributed by atoms with van der Waals surface area (Å²) in [6.45, 7) is 1.31. The van der Waals surface area contributed by atoms with Gasteiger partial charge in [-0.25, -0.2) is 0 Å². The van der Waals surface area contributed by atoms with Crippen molar-refractivity contribution >= 4 is 23.4 Å². The number of hydrogen-bond donors (Lipinski definition) is 0. The Morgan fingerprint density at radius 3 is 2.32 bits per heavy atom. The Kier molecular flexibility index (Phi) is 3.97. The topological polar surface area (TPSA) is 43.4 Å². The molecule has 3 nitrogen and oxygen atoms in total. The van der Waals surface area contributed by atoms with Crippen molar-refractivity contribution < 1.29 is 14.3 Å². The Hall–Kier alpha value is -2.13. The van der Waals surface area contributed by atoms with Crippen LogP contribution in [0, 0.1) is 0 Å². The van der Waals surface area contributed by atoms with Gasteiger partial charge < -0.3 is 4.74 Å². The average molecular weight is 275 g/mol. The molecule has 0 heterocycles. The Balaban J connectivity index is 2.28. The van der Waals surface area contributed by atoms with Gasteiger partial charge in [0.15, 0.2) is 5.78 Å². The predicted octanol–water partition coefficient (Wildman–Crippen LogP) is 3.50. The standard InChI is InChI=1S/C15H11ClO3/c1-10(17)19-14-4-2-3-12(9-14)15(18)11-5-7-13(16)8-6-11/h2-9H,1H3. The molecule has 0 radical (unpaired) electrons. The minimum atomic E-state index is -0.420. The van der Waals surface area contributed by atoms with Crippen LogP contribution in [0.25, 0.3) is 0 Å². The van der Waals surface area contributed by atoms with Crippen LogP contribution >= 0.6 is 11.6 Å². The number of benzene rings is 2. The van der Waals surface area contributed by atoms with E-state index in [4.69, 9.17) is 16.3 Å². The number of esters is 1. The van der Waals surface area contributed by atoms with Crippen molar-refractivity contribution in [2.24, 2.45) is 0 Å². The number of hydrogen-bond acceptors (Lipinski definition) is 3. The lowest BCUT2D eigenvalue weighted by molar-refractivity contribution is -0.131. The zero-order chi connectivity index (χ0) is 13.8. The molecule has 0 aliphatic heterocycles. The molecule has 0 saturated heterocycles. The molecule has 0 fully saturated rings. The third-order valence-corrected chi connectivity index (χ3v) is 2.72. The van der Waals surface area contributed by atoms with E-state index in [9.17, 15) is 9.59 Å². The molecule has 0 unspecified atom stereocenters. The Morgan fingerprint density at radius 2 is 1.68 bits per heavy atom. The molecule has 0 atom stereocenters. The van der Waals surface area contributed by atoms with Gasteiger partial charge in [0.05, 0.1) is 0 Å². The van der Waals surface area contributed by atoms with Crippen molar-refractivity contribution in [1.29, 1.82) is 0 Å². The third-order valence-electron chi connectivity index (χ3n) is 2.46. The second-order valence-electron chi connectivity index (χ2n) is 3.96. The van der Waals surface area contributed by atoms with E-state index >= 15 is 0 Å². The third kappa shape index (κ3) is 3.42. The van der Waals surface area contributed by atoms with Crippen molar-refractivity contribution in [3.8, 4) is 5.75 Å². The zero-order valence-electron chi connectivity index (χ0n) is 10.2. The summed E-state index contributed by atoms with van der Waals surface area (Å²) in [5, 5.41) is 0.574. The number of carbonyl (C=O) groups excluding carboxylic acids is 2. The molecule has 0 aliphatic carbocycles. The van der Waals surface area contributed by atoms with Gasteiger partial charge in [0.1, 0.15) is 5.75 Å². The second kappa shape index (κ2) is 5.67. The lowest BCUT2D eigenvalue weighted by Crippen LogP contribution is -2.04. The molecule has 96 valence electrons. The van der Waals surface area contributed by atoms with Crippen molar-refractivity contribution in [3.63, 3.8) is 0 Å². The number of ketones is 1. The summed E-state index contributed by atoms with van der Waals surface area (Å²) in [6, 6.07) is 13.1. The molecule has 19 heavy (non-hydrogen) atoms. The fourth-order valence-electron chi connectivity index (χ4n) is 1.63. The van der Waals surface area contributed by atoms with E-state index in [-0.39, 0.29) is 5.78 Å². The van der Waals surface area contributed by atoms with E-state index < -0.39 is 5.97 Å².